The number of rotatable bonds is 5. The number of amides is 1. The predicted molar refractivity (Wildman–Crippen MR) is 54.4 cm³/mol. The van der Waals surface area contributed by atoms with Crippen molar-refractivity contribution in [2.45, 2.75) is 19.9 Å². The Bertz CT molecular complexity index is 159. The lowest BCUT2D eigenvalue weighted by Gasteiger charge is -2.23. The number of nitrogens with one attached hydrogen (secondary N) is 1. The molecule has 2 atom stereocenters. The summed E-state index contributed by atoms with van der Waals surface area (Å²) in [5.74, 6) is 0.0205. The molecule has 0 aliphatic heterocycles. The topological polar surface area (TPSA) is 58.4 Å². The third-order valence-corrected chi connectivity index (χ3v) is 2.25. The van der Waals surface area contributed by atoms with Gasteiger partial charge in [-0.1, -0.05) is 6.92 Å². The van der Waals surface area contributed by atoms with Crippen LogP contribution in [-0.2, 0) is 4.79 Å². The average Bonchev–Trinajstić information content (AvgIpc) is 2.11. The largest absolute Gasteiger partial charge is 0.344 e. The summed E-state index contributed by atoms with van der Waals surface area (Å²) >= 11 is 0. The van der Waals surface area contributed by atoms with E-state index in [0.29, 0.717) is 0 Å². The Morgan fingerprint density at radius 1 is 1.54 bits per heavy atom. The molecule has 0 saturated carbocycles. The first kappa shape index (κ1) is 12.4. The Morgan fingerprint density at radius 2 is 2.08 bits per heavy atom. The zero-order chi connectivity index (χ0) is 10.4. The van der Waals surface area contributed by atoms with Gasteiger partial charge in [0.25, 0.3) is 0 Å². The van der Waals surface area contributed by atoms with E-state index >= 15 is 0 Å². The van der Waals surface area contributed by atoms with E-state index in [1.54, 1.807) is 11.9 Å². The molecule has 4 heteroatoms. The number of carbonyl (C=O) groups excluding carboxylic acids is 1. The molecule has 4 nitrogen and oxygen atoms in total. The van der Waals surface area contributed by atoms with E-state index in [0.717, 1.165) is 13.1 Å². The fourth-order valence-electron chi connectivity index (χ4n) is 0.962. The van der Waals surface area contributed by atoms with Crippen LogP contribution in [0.15, 0.2) is 0 Å². The molecule has 0 bridgehead atoms. The quantitative estimate of drug-likeness (QED) is 0.618. The normalized spacial score (nSPS) is 15.2. The van der Waals surface area contributed by atoms with Crippen LogP contribution < -0.4 is 11.1 Å². The molecule has 0 saturated heterocycles. The first-order valence-corrected chi connectivity index (χ1v) is 4.65. The van der Waals surface area contributed by atoms with Crippen molar-refractivity contribution in [2.24, 2.45) is 11.7 Å². The monoisotopic (exact) mass is 187 g/mol. The molecule has 3 N–H and O–H groups in total. The lowest BCUT2D eigenvalue weighted by Crippen LogP contribution is -2.41. The summed E-state index contributed by atoms with van der Waals surface area (Å²) in [4.78, 5) is 13.3. The molecule has 0 aromatic rings. The summed E-state index contributed by atoms with van der Waals surface area (Å²) in [7, 11) is 3.67. The van der Waals surface area contributed by atoms with Gasteiger partial charge >= 0.3 is 0 Å². The maximum Gasteiger partial charge on any atom is 0.226 e. The number of nitrogens with zero attached hydrogens (tertiary/aromatic N) is 1. The zero-order valence-corrected chi connectivity index (χ0v) is 9.00. The van der Waals surface area contributed by atoms with Crippen molar-refractivity contribution in [3.8, 4) is 0 Å². The molecule has 0 rings (SSSR count). The number of hydrogen-bond acceptors (Lipinski definition) is 3. The van der Waals surface area contributed by atoms with E-state index < -0.39 is 0 Å². The lowest BCUT2D eigenvalue weighted by molar-refractivity contribution is -0.134. The third kappa shape index (κ3) is 4.24. The van der Waals surface area contributed by atoms with Crippen LogP contribution >= 0.6 is 0 Å². The minimum Gasteiger partial charge on any atom is -0.344 e. The number of carbonyl (C=O) groups is 1. The minimum absolute atomic E-state index is 0.0791. The van der Waals surface area contributed by atoms with Crippen molar-refractivity contribution in [2.75, 3.05) is 27.2 Å². The first-order chi connectivity index (χ1) is 6.00. The van der Waals surface area contributed by atoms with Crippen molar-refractivity contribution in [1.29, 1.82) is 0 Å². The molecule has 78 valence electrons. The zero-order valence-electron chi connectivity index (χ0n) is 9.00. The van der Waals surface area contributed by atoms with Crippen molar-refractivity contribution in [3.05, 3.63) is 0 Å². The molecule has 0 heterocycles. The molecule has 13 heavy (non-hydrogen) atoms. The highest BCUT2D eigenvalue weighted by Crippen LogP contribution is 2.03. The van der Waals surface area contributed by atoms with Crippen LogP contribution in [0.3, 0.4) is 0 Å². The molecule has 0 aromatic carbocycles. The summed E-state index contributed by atoms with van der Waals surface area (Å²) in [6, 6.07) is -0.0791. The lowest BCUT2D eigenvalue weighted by atomic mass is 10.0. The highest BCUT2D eigenvalue weighted by atomic mass is 16.2. The van der Waals surface area contributed by atoms with Crippen LogP contribution in [0, 0.1) is 5.92 Å². The van der Waals surface area contributed by atoms with Gasteiger partial charge in [-0.15, -0.1) is 0 Å². The Hall–Kier alpha value is -0.610. The Kier molecular flexibility index (Phi) is 5.66. The number of likely N-dealkylation sites (N-methyl/N-ethyl adjacent to an activating group) is 2. The fraction of sp³-hybridized carbons (Fsp3) is 0.889. The molecule has 0 aliphatic carbocycles. The molecule has 0 aromatic heterocycles. The van der Waals surface area contributed by atoms with E-state index in [4.69, 9.17) is 5.73 Å². The van der Waals surface area contributed by atoms with Crippen molar-refractivity contribution >= 4 is 5.91 Å². The van der Waals surface area contributed by atoms with Crippen molar-refractivity contribution in [3.63, 3.8) is 0 Å². The standard InChI is InChI=1S/C9H21N3O/c1-7(8(2)10)9(13)12(4)6-5-11-3/h7-8,11H,5-6,10H2,1-4H3. The van der Waals surface area contributed by atoms with Crippen LogP contribution in [0.2, 0.25) is 0 Å². The van der Waals surface area contributed by atoms with E-state index in [2.05, 4.69) is 5.32 Å². The van der Waals surface area contributed by atoms with E-state index in [1.165, 1.54) is 0 Å². The minimum atomic E-state index is -0.0955. The van der Waals surface area contributed by atoms with Gasteiger partial charge in [-0.05, 0) is 14.0 Å². The molecule has 1 amide bonds. The smallest absolute Gasteiger partial charge is 0.226 e. The SMILES string of the molecule is CNCCN(C)C(=O)C(C)C(C)N. The summed E-state index contributed by atoms with van der Waals surface area (Å²) in [5.41, 5.74) is 5.64. The average molecular weight is 187 g/mol. The fourth-order valence-corrected chi connectivity index (χ4v) is 0.962. The van der Waals surface area contributed by atoms with Gasteiger partial charge in [-0.2, -0.15) is 0 Å². The third-order valence-electron chi connectivity index (χ3n) is 2.25. The highest BCUT2D eigenvalue weighted by Gasteiger charge is 2.19. The van der Waals surface area contributed by atoms with Gasteiger partial charge in [0, 0.05) is 26.2 Å². The Labute approximate surface area is 80.5 Å². The van der Waals surface area contributed by atoms with Crippen LogP contribution in [0.4, 0.5) is 0 Å². The van der Waals surface area contributed by atoms with Gasteiger partial charge in [0.1, 0.15) is 0 Å². The Balaban J connectivity index is 3.94. The maximum absolute atomic E-state index is 11.6. The number of hydrogen-bond donors (Lipinski definition) is 2. The van der Waals surface area contributed by atoms with Crippen LogP contribution in [0.25, 0.3) is 0 Å². The molecule has 0 spiro atoms. The molecule has 0 fully saturated rings. The highest BCUT2D eigenvalue weighted by molar-refractivity contribution is 5.78. The predicted octanol–water partition coefficient (Wildman–Crippen LogP) is -0.352. The molecule has 2 unspecified atom stereocenters. The van der Waals surface area contributed by atoms with E-state index in [-0.39, 0.29) is 17.9 Å². The van der Waals surface area contributed by atoms with E-state index in [1.807, 2.05) is 20.9 Å². The summed E-state index contributed by atoms with van der Waals surface area (Å²) in [5, 5.41) is 3.00. The van der Waals surface area contributed by atoms with Crippen molar-refractivity contribution < 1.29 is 4.79 Å². The molecule has 0 aliphatic rings. The second-order valence-corrected chi connectivity index (χ2v) is 3.51. The maximum atomic E-state index is 11.6. The molecular formula is C9H21N3O. The summed E-state index contributed by atoms with van der Waals surface area (Å²) in [6.45, 7) is 5.26. The van der Waals surface area contributed by atoms with Gasteiger partial charge in [0.15, 0.2) is 0 Å². The molecular weight excluding hydrogens is 166 g/mol. The van der Waals surface area contributed by atoms with E-state index in [9.17, 15) is 4.79 Å². The van der Waals surface area contributed by atoms with Crippen LogP contribution in [0.5, 0.6) is 0 Å². The second kappa shape index (κ2) is 5.94. The first-order valence-electron chi connectivity index (χ1n) is 4.65. The second-order valence-electron chi connectivity index (χ2n) is 3.51. The van der Waals surface area contributed by atoms with Gasteiger partial charge in [-0.25, -0.2) is 0 Å². The van der Waals surface area contributed by atoms with Gasteiger partial charge in [0.05, 0.1) is 5.92 Å². The van der Waals surface area contributed by atoms with Crippen LogP contribution in [-0.4, -0.2) is 44.0 Å². The number of nitrogens with two attached hydrogens (primary N) is 1. The van der Waals surface area contributed by atoms with Crippen molar-refractivity contribution in [1.82, 2.24) is 10.2 Å². The van der Waals surface area contributed by atoms with Gasteiger partial charge in [-0.3, -0.25) is 4.79 Å². The van der Waals surface area contributed by atoms with Crippen LogP contribution in [0.1, 0.15) is 13.8 Å². The summed E-state index contributed by atoms with van der Waals surface area (Å²) < 4.78 is 0. The van der Waals surface area contributed by atoms with Gasteiger partial charge in [0.2, 0.25) is 5.91 Å². The van der Waals surface area contributed by atoms with Gasteiger partial charge < -0.3 is 16.0 Å². The summed E-state index contributed by atoms with van der Waals surface area (Å²) in [6.07, 6.45) is 0. The Morgan fingerprint density at radius 3 is 2.46 bits per heavy atom. The molecule has 0 radical (unpaired) electrons.